The SMILES string of the molecule is CC1CN(C)CCN1c1c(F)cc(C(N)=S)cc1F. The number of thiocarbonyl (C=S) groups is 1. The molecule has 1 atom stereocenters. The number of rotatable bonds is 2. The van der Waals surface area contributed by atoms with E-state index in [1.54, 1.807) is 4.90 Å². The molecule has 3 nitrogen and oxygen atoms in total. The first-order valence-corrected chi connectivity index (χ1v) is 6.55. The van der Waals surface area contributed by atoms with Gasteiger partial charge in [-0.3, -0.25) is 0 Å². The molecule has 2 N–H and O–H groups in total. The number of piperazine rings is 1. The van der Waals surface area contributed by atoms with Crippen molar-refractivity contribution in [2.24, 2.45) is 5.73 Å². The summed E-state index contributed by atoms with van der Waals surface area (Å²) in [4.78, 5) is 3.89. The Morgan fingerprint density at radius 1 is 1.32 bits per heavy atom. The van der Waals surface area contributed by atoms with Crippen LogP contribution in [-0.4, -0.2) is 42.6 Å². The molecule has 0 aromatic heterocycles. The lowest BCUT2D eigenvalue weighted by molar-refractivity contribution is 0.273. The number of nitrogens with two attached hydrogens (primary N) is 1. The van der Waals surface area contributed by atoms with E-state index in [4.69, 9.17) is 18.0 Å². The summed E-state index contributed by atoms with van der Waals surface area (Å²) < 4.78 is 28.2. The predicted molar refractivity (Wildman–Crippen MR) is 76.6 cm³/mol. The normalized spacial score (nSPS) is 20.6. The fraction of sp³-hybridized carbons (Fsp3) is 0.462. The molecular formula is C13H17F2N3S. The highest BCUT2D eigenvalue weighted by Crippen LogP contribution is 2.28. The molecule has 1 unspecified atom stereocenters. The summed E-state index contributed by atoms with van der Waals surface area (Å²) in [5.74, 6) is -1.22. The zero-order valence-electron chi connectivity index (χ0n) is 11.0. The molecule has 1 aromatic carbocycles. The fourth-order valence-corrected chi connectivity index (χ4v) is 2.57. The van der Waals surface area contributed by atoms with Crippen LogP contribution in [0, 0.1) is 11.6 Å². The number of benzene rings is 1. The quantitative estimate of drug-likeness (QED) is 0.839. The van der Waals surface area contributed by atoms with E-state index in [0.717, 1.165) is 13.1 Å². The molecule has 0 radical (unpaired) electrons. The van der Waals surface area contributed by atoms with Gasteiger partial charge in [-0.2, -0.15) is 0 Å². The summed E-state index contributed by atoms with van der Waals surface area (Å²) in [7, 11) is 2.00. The van der Waals surface area contributed by atoms with Gasteiger partial charge in [-0.25, -0.2) is 8.78 Å². The third kappa shape index (κ3) is 2.84. The number of halogens is 2. The maximum Gasteiger partial charge on any atom is 0.150 e. The van der Waals surface area contributed by atoms with Gasteiger partial charge in [-0.05, 0) is 26.1 Å². The molecule has 1 aliphatic rings. The van der Waals surface area contributed by atoms with Gasteiger partial charge in [0.2, 0.25) is 0 Å². The monoisotopic (exact) mass is 285 g/mol. The van der Waals surface area contributed by atoms with Gasteiger partial charge in [0.15, 0.2) is 0 Å². The third-order valence-electron chi connectivity index (χ3n) is 3.42. The molecular weight excluding hydrogens is 268 g/mol. The Kier molecular flexibility index (Phi) is 4.01. The highest BCUT2D eigenvalue weighted by atomic mass is 32.1. The average molecular weight is 285 g/mol. The van der Waals surface area contributed by atoms with Crippen LogP contribution in [0.2, 0.25) is 0 Å². The first-order valence-electron chi connectivity index (χ1n) is 6.14. The third-order valence-corrected chi connectivity index (χ3v) is 3.65. The van der Waals surface area contributed by atoms with Crippen molar-refractivity contribution < 1.29 is 8.78 Å². The maximum atomic E-state index is 14.1. The minimum atomic E-state index is -0.612. The van der Waals surface area contributed by atoms with Crippen LogP contribution in [0.1, 0.15) is 12.5 Å². The highest BCUT2D eigenvalue weighted by Gasteiger charge is 2.26. The number of hydrogen-bond acceptors (Lipinski definition) is 3. The summed E-state index contributed by atoms with van der Waals surface area (Å²) in [6, 6.07) is 2.45. The molecule has 1 saturated heterocycles. The Bertz CT molecular complexity index is 484. The van der Waals surface area contributed by atoms with Crippen LogP contribution in [0.3, 0.4) is 0 Å². The molecule has 0 amide bonds. The molecule has 0 aliphatic carbocycles. The summed E-state index contributed by atoms with van der Waals surface area (Å²) in [5, 5.41) is 0. The van der Waals surface area contributed by atoms with Gasteiger partial charge in [0.25, 0.3) is 0 Å². The van der Waals surface area contributed by atoms with Gasteiger partial charge in [0, 0.05) is 31.2 Å². The fourth-order valence-electron chi connectivity index (χ4n) is 2.45. The Hall–Kier alpha value is -1.27. The lowest BCUT2D eigenvalue weighted by Crippen LogP contribution is -2.51. The van der Waals surface area contributed by atoms with Crippen LogP contribution in [0.4, 0.5) is 14.5 Å². The first kappa shape index (κ1) is 14.1. The smallest absolute Gasteiger partial charge is 0.150 e. The van der Waals surface area contributed by atoms with Crippen LogP contribution < -0.4 is 10.6 Å². The van der Waals surface area contributed by atoms with Crippen molar-refractivity contribution in [2.45, 2.75) is 13.0 Å². The van der Waals surface area contributed by atoms with E-state index in [-0.39, 0.29) is 22.3 Å². The second-order valence-corrected chi connectivity index (χ2v) is 5.40. The second kappa shape index (κ2) is 5.38. The van der Waals surface area contributed by atoms with E-state index < -0.39 is 11.6 Å². The minimum absolute atomic E-state index is 0.00391. The van der Waals surface area contributed by atoms with Crippen molar-refractivity contribution in [3.8, 4) is 0 Å². The van der Waals surface area contributed by atoms with Crippen molar-refractivity contribution in [1.29, 1.82) is 0 Å². The number of likely N-dealkylation sites (N-methyl/N-ethyl adjacent to an activating group) is 1. The van der Waals surface area contributed by atoms with Crippen LogP contribution in [0.15, 0.2) is 12.1 Å². The van der Waals surface area contributed by atoms with Gasteiger partial charge >= 0.3 is 0 Å². The van der Waals surface area contributed by atoms with Crippen LogP contribution in [0.5, 0.6) is 0 Å². The molecule has 6 heteroatoms. The minimum Gasteiger partial charge on any atom is -0.389 e. The average Bonchev–Trinajstić information content (AvgIpc) is 2.30. The topological polar surface area (TPSA) is 32.5 Å². The van der Waals surface area contributed by atoms with E-state index in [1.807, 2.05) is 14.0 Å². The van der Waals surface area contributed by atoms with Crippen molar-refractivity contribution in [2.75, 3.05) is 31.6 Å². The molecule has 0 spiro atoms. The molecule has 1 fully saturated rings. The molecule has 1 aromatic rings. The summed E-state index contributed by atoms with van der Waals surface area (Å²) in [5.41, 5.74) is 5.64. The number of nitrogens with zero attached hydrogens (tertiary/aromatic N) is 2. The standard InChI is InChI=1S/C13H17F2N3S/c1-8-7-17(2)3-4-18(8)12-10(14)5-9(13(16)19)6-11(12)15/h5-6,8H,3-4,7H2,1-2H3,(H2,16,19). The van der Waals surface area contributed by atoms with Gasteiger partial charge < -0.3 is 15.5 Å². The van der Waals surface area contributed by atoms with Crippen molar-refractivity contribution in [1.82, 2.24) is 4.90 Å². The van der Waals surface area contributed by atoms with E-state index in [9.17, 15) is 8.78 Å². The molecule has 1 heterocycles. The predicted octanol–water partition coefficient (Wildman–Crippen LogP) is 1.74. The number of hydrogen-bond donors (Lipinski definition) is 1. The van der Waals surface area contributed by atoms with Gasteiger partial charge in [0.1, 0.15) is 22.3 Å². The van der Waals surface area contributed by atoms with Crippen molar-refractivity contribution in [3.63, 3.8) is 0 Å². The zero-order valence-corrected chi connectivity index (χ0v) is 11.8. The van der Waals surface area contributed by atoms with E-state index in [2.05, 4.69) is 4.90 Å². The van der Waals surface area contributed by atoms with Crippen molar-refractivity contribution >= 4 is 22.9 Å². The molecule has 0 bridgehead atoms. The molecule has 2 rings (SSSR count). The van der Waals surface area contributed by atoms with Crippen molar-refractivity contribution in [3.05, 3.63) is 29.3 Å². The molecule has 0 saturated carbocycles. The van der Waals surface area contributed by atoms with Crippen LogP contribution in [0.25, 0.3) is 0 Å². The molecule has 19 heavy (non-hydrogen) atoms. The van der Waals surface area contributed by atoms with Crippen LogP contribution >= 0.6 is 12.2 Å². The summed E-state index contributed by atoms with van der Waals surface area (Å²) in [6.07, 6.45) is 0. The van der Waals surface area contributed by atoms with E-state index in [0.29, 0.717) is 6.54 Å². The van der Waals surface area contributed by atoms with Crippen LogP contribution in [-0.2, 0) is 0 Å². The largest absolute Gasteiger partial charge is 0.389 e. The highest BCUT2D eigenvalue weighted by molar-refractivity contribution is 7.80. The lowest BCUT2D eigenvalue weighted by atomic mass is 10.1. The Balaban J connectivity index is 2.37. The Morgan fingerprint density at radius 2 is 1.89 bits per heavy atom. The number of anilines is 1. The van der Waals surface area contributed by atoms with Gasteiger partial charge in [-0.15, -0.1) is 0 Å². The van der Waals surface area contributed by atoms with Gasteiger partial charge in [0.05, 0.1) is 0 Å². The zero-order chi connectivity index (χ0) is 14.2. The summed E-state index contributed by atoms with van der Waals surface area (Å²) >= 11 is 4.74. The second-order valence-electron chi connectivity index (χ2n) is 4.96. The molecule has 1 aliphatic heterocycles. The summed E-state index contributed by atoms with van der Waals surface area (Å²) in [6.45, 7) is 4.10. The maximum absolute atomic E-state index is 14.1. The van der Waals surface area contributed by atoms with E-state index >= 15 is 0 Å². The molecule has 104 valence electrons. The first-order chi connectivity index (χ1) is 8.90. The Labute approximate surface area is 117 Å². The van der Waals surface area contributed by atoms with E-state index in [1.165, 1.54) is 12.1 Å². The Morgan fingerprint density at radius 3 is 2.37 bits per heavy atom. The lowest BCUT2D eigenvalue weighted by Gasteiger charge is -2.40. The van der Waals surface area contributed by atoms with Gasteiger partial charge in [-0.1, -0.05) is 12.2 Å².